The first-order chi connectivity index (χ1) is 32.1. The number of carbonyl (C=O) groups is 4. The van der Waals surface area contributed by atoms with Crippen molar-refractivity contribution in [2.24, 2.45) is 5.73 Å². The molecule has 7 atom stereocenters. The van der Waals surface area contributed by atoms with Gasteiger partial charge < -0.3 is 55.5 Å². The van der Waals surface area contributed by atoms with Gasteiger partial charge in [0.1, 0.15) is 37.1 Å². The molecule has 19 heteroatoms. The van der Waals surface area contributed by atoms with Gasteiger partial charge in [0, 0.05) is 30.9 Å². The van der Waals surface area contributed by atoms with E-state index in [1.165, 1.54) is 140 Å². The van der Waals surface area contributed by atoms with Gasteiger partial charge in [-0.05, 0) is 12.8 Å². The van der Waals surface area contributed by atoms with Gasteiger partial charge in [0.2, 0.25) is 5.91 Å². The van der Waals surface area contributed by atoms with E-state index in [9.17, 15) is 42.9 Å². The van der Waals surface area contributed by atoms with Crippen LogP contribution < -0.4 is 11.1 Å². The number of hydrogen-bond donors (Lipinski definition) is 7. The van der Waals surface area contributed by atoms with Crippen molar-refractivity contribution >= 4 is 35.6 Å². The van der Waals surface area contributed by atoms with Crippen molar-refractivity contribution in [2.45, 2.75) is 243 Å². The summed E-state index contributed by atoms with van der Waals surface area (Å²) in [6, 6.07) is -0.880. The number of carboxylic acid groups (broad SMARTS) is 1. The minimum atomic E-state index is -5.08. The topological polar surface area (TPSA) is 244 Å². The Hall–Kier alpha value is -2.26. The Bertz CT molecular complexity index is 1240. The maximum Gasteiger partial charge on any atom is 0.490 e. The van der Waals surface area contributed by atoms with E-state index in [2.05, 4.69) is 19.2 Å². The third kappa shape index (κ3) is 36.4. The van der Waals surface area contributed by atoms with Crippen molar-refractivity contribution in [3.05, 3.63) is 0 Å². The molecule has 8 N–H and O–H groups in total. The Balaban J connectivity index is 0.00000572. The van der Waals surface area contributed by atoms with Gasteiger partial charge in [-0.1, -0.05) is 168 Å². The Labute approximate surface area is 402 Å². The number of nitrogens with two attached hydrogens (primary N) is 1. The molecule has 1 amide bonds. The van der Waals surface area contributed by atoms with Gasteiger partial charge >= 0.3 is 24.1 Å². The van der Waals surface area contributed by atoms with Crippen LogP contribution >= 0.6 is 11.8 Å². The summed E-state index contributed by atoms with van der Waals surface area (Å²) >= 11 is 1.33. The van der Waals surface area contributed by atoms with Crippen LogP contribution in [0.15, 0.2) is 0 Å². The normalized spacial score (nSPS) is 18.4. The summed E-state index contributed by atoms with van der Waals surface area (Å²) in [6.45, 7) is 3.77. The van der Waals surface area contributed by atoms with Crippen molar-refractivity contribution in [3.8, 4) is 0 Å². The average Bonchev–Trinajstić information content (AvgIpc) is 3.58. The predicted octanol–water partition coefficient (Wildman–Crippen LogP) is 8.03. The number of hydrogen-bond acceptors (Lipinski definition) is 14. The van der Waals surface area contributed by atoms with Crippen molar-refractivity contribution in [2.75, 3.05) is 37.9 Å². The Kier molecular flexibility index (Phi) is 41.2. The number of thioether (sulfide) groups is 1. The summed E-state index contributed by atoms with van der Waals surface area (Å²) in [4.78, 5) is 47.0. The summed E-state index contributed by atoms with van der Waals surface area (Å²) in [7, 11) is 0. The fraction of sp³-hybridized carbons (Fsp3) is 0.917. The van der Waals surface area contributed by atoms with E-state index in [1.54, 1.807) is 0 Å². The Morgan fingerprint density at radius 1 is 0.687 bits per heavy atom. The lowest BCUT2D eigenvalue weighted by molar-refractivity contribution is -0.192. The first-order valence-corrected chi connectivity index (χ1v) is 26.4. The van der Waals surface area contributed by atoms with E-state index in [4.69, 9.17) is 39.7 Å². The minimum Gasteiger partial charge on any atom is -0.475 e. The highest BCUT2D eigenvalue weighted by Crippen LogP contribution is 2.25. The quantitative estimate of drug-likeness (QED) is 0.0226. The van der Waals surface area contributed by atoms with Crippen LogP contribution in [-0.4, -0.2) is 136 Å². The van der Waals surface area contributed by atoms with Gasteiger partial charge in [-0.2, -0.15) is 24.9 Å². The van der Waals surface area contributed by atoms with E-state index in [-0.39, 0.29) is 37.4 Å². The highest BCUT2D eigenvalue weighted by atomic mass is 32.2. The summed E-state index contributed by atoms with van der Waals surface area (Å²) in [5.41, 5.74) is 6.12. The molecule has 1 heterocycles. The molecule has 0 unspecified atom stereocenters. The van der Waals surface area contributed by atoms with Gasteiger partial charge in [0.25, 0.3) is 0 Å². The lowest BCUT2D eigenvalue weighted by atomic mass is 10.0. The van der Waals surface area contributed by atoms with Crippen LogP contribution in [0.2, 0.25) is 0 Å². The smallest absolute Gasteiger partial charge is 0.475 e. The van der Waals surface area contributed by atoms with Gasteiger partial charge in [0.05, 0.1) is 19.3 Å². The van der Waals surface area contributed by atoms with Gasteiger partial charge in [-0.15, -0.1) is 0 Å². The van der Waals surface area contributed by atoms with Gasteiger partial charge in [0.15, 0.2) is 6.29 Å². The number of aliphatic hydroxyl groups is 4. The number of alkyl halides is 3. The number of rotatable bonds is 42. The zero-order chi connectivity index (χ0) is 50.1. The molecule has 0 aromatic carbocycles. The van der Waals surface area contributed by atoms with Crippen LogP contribution in [0.4, 0.5) is 13.2 Å². The number of aliphatic carboxylic acids is 1. The van der Waals surface area contributed by atoms with E-state index >= 15 is 0 Å². The zero-order valence-electron chi connectivity index (χ0n) is 40.7. The monoisotopic (exact) mass is 991 g/mol. The van der Waals surface area contributed by atoms with Gasteiger partial charge in [-0.25, -0.2) is 4.79 Å². The summed E-state index contributed by atoms with van der Waals surface area (Å²) in [5.74, 6) is -3.28. The number of unbranched alkanes of at least 4 members (excludes halogenated alkanes) is 24. The molecular formula is C48H89F3N2O13S. The Morgan fingerprint density at radius 3 is 1.52 bits per heavy atom. The Morgan fingerprint density at radius 2 is 1.10 bits per heavy atom. The molecule has 1 fully saturated rings. The maximum atomic E-state index is 12.8. The molecule has 0 aliphatic carbocycles. The SMILES string of the molecule is CCCCCCCCCCCCCCCC(=O)OC[C@H](CSC[C@H](N)C(=O)NCCO[C@H]1O[C@@H]([C@H](O)CO)[C@H](O)[C@H]1O)OC(=O)CCCCCCCCCCCCCCC.O=C(O)C(F)(F)F. The van der Waals surface area contributed by atoms with Gasteiger partial charge in [-0.3, -0.25) is 14.4 Å². The van der Waals surface area contributed by atoms with Crippen molar-refractivity contribution in [3.63, 3.8) is 0 Å². The summed E-state index contributed by atoms with van der Waals surface area (Å²) in [5, 5.41) is 48.8. The third-order valence-electron chi connectivity index (χ3n) is 11.4. The molecule has 1 aliphatic heterocycles. The van der Waals surface area contributed by atoms with Crippen LogP contribution in [0, 0.1) is 0 Å². The van der Waals surface area contributed by atoms with Crippen molar-refractivity contribution in [1.82, 2.24) is 5.32 Å². The largest absolute Gasteiger partial charge is 0.490 e. The number of amides is 1. The number of carbonyl (C=O) groups excluding carboxylic acids is 3. The highest BCUT2D eigenvalue weighted by molar-refractivity contribution is 7.99. The molecule has 1 rings (SSSR count). The molecule has 15 nitrogen and oxygen atoms in total. The van der Waals surface area contributed by atoms with E-state index < -0.39 is 67.5 Å². The highest BCUT2D eigenvalue weighted by Gasteiger charge is 2.46. The predicted molar refractivity (Wildman–Crippen MR) is 253 cm³/mol. The molecule has 0 spiro atoms. The fourth-order valence-electron chi connectivity index (χ4n) is 7.31. The van der Waals surface area contributed by atoms with Crippen LogP contribution in [0.1, 0.15) is 194 Å². The van der Waals surface area contributed by atoms with E-state index in [0.717, 1.165) is 38.5 Å². The molecule has 1 saturated heterocycles. The van der Waals surface area contributed by atoms with Crippen LogP contribution in [-0.2, 0) is 38.1 Å². The van der Waals surface area contributed by atoms with Crippen molar-refractivity contribution in [1.29, 1.82) is 0 Å². The second kappa shape index (κ2) is 42.6. The molecule has 67 heavy (non-hydrogen) atoms. The van der Waals surface area contributed by atoms with Crippen LogP contribution in [0.5, 0.6) is 0 Å². The zero-order valence-corrected chi connectivity index (χ0v) is 41.5. The number of halogens is 3. The molecule has 0 saturated carbocycles. The minimum absolute atomic E-state index is 0.0434. The molecule has 0 aromatic rings. The number of aliphatic hydroxyl groups excluding tert-OH is 4. The molecular weight excluding hydrogens is 902 g/mol. The first-order valence-electron chi connectivity index (χ1n) is 25.3. The number of nitrogens with one attached hydrogen (secondary N) is 1. The average molecular weight is 991 g/mol. The number of carboxylic acids is 1. The number of ether oxygens (including phenoxy) is 4. The first kappa shape index (κ1) is 64.7. The lowest BCUT2D eigenvalue weighted by Crippen LogP contribution is -2.44. The van der Waals surface area contributed by atoms with Crippen LogP contribution in [0.3, 0.4) is 0 Å². The third-order valence-corrected chi connectivity index (χ3v) is 12.6. The van der Waals surface area contributed by atoms with E-state index in [1.807, 2.05) is 0 Å². The van der Waals surface area contributed by atoms with E-state index in [0.29, 0.717) is 18.6 Å². The molecule has 0 radical (unpaired) electrons. The maximum absolute atomic E-state index is 12.8. The lowest BCUT2D eigenvalue weighted by Gasteiger charge is -2.19. The second-order valence-corrected chi connectivity index (χ2v) is 18.7. The molecule has 0 aromatic heterocycles. The van der Waals surface area contributed by atoms with Crippen molar-refractivity contribution < 1.29 is 76.8 Å². The second-order valence-electron chi connectivity index (χ2n) is 17.6. The summed E-state index contributed by atoms with van der Waals surface area (Å²) < 4.78 is 53.8. The standard InChI is InChI=1S/C46H88N2O11S.C2HF3O2/c1-3-5-7-9-11-13-15-17-19-21-23-25-27-29-40(51)57-34-37(58-41(52)30-28-26-24-22-20-18-16-14-12-10-8-6-4-2)35-60-36-38(47)45(55)48-31-32-56-46-43(54)42(53)44(59-46)39(50)33-49;3-2(4,5)1(6)7/h37-39,42-44,46,49-50,53-54H,3-36,47H2,1-2H3,(H,48,55);(H,6,7)/t37-,38+,39-,42-,43-,44+,46+;/m1./s1. The fourth-order valence-corrected chi connectivity index (χ4v) is 8.28. The molecule has 396 valence electrons. The summed E-state index contributed by atoms with van der Waals surface area (Å²) in [6.07, 6.45) is 20.0. The molecule has 0 bridgehead atoms. The van der Waals surface area contributed by atoms with Crippen LogP contribution in [0.25, 0.3) is 0 Å². The molecule has 1 aliphatic rings. The number of esters is 2.